The van der Waals surface area contributed by atoms with Crippen LogP contribution in [0.5, 0.6) is 0 Å². The molecule has 1 aliphatic carbocycles. The molecular weight excluding hydrogens is 182 g/mol. The van der Waals surface area contributed by atoms with Crippen LogP contribution in [0.3, 0.4) is 0 Å². The van der Waals surface area contributed by atoms with Gasteiger partial charge in [-0.15, -0.1) is 0 Å². The van der Waals surface area contributed by atoms with Gasteiger partial charge in [0.25, 0.3) is 0 Å². The van der Waals surface area contributed by atoms with Crippen LogP contribution >= 0.6 is 0 Å². The Morgan fingerprint density at radius 3 is 2.53 bits per heavy atom. The molecule has 0 aliphatic heterocycles. The van der Waals surface area contributed by atoms with Gasteiger partial charge in [-0.2, -0.15) is 0 Å². The van der Waals surface area contributed by atoms with E-state index in [2.05, 4.69) is 56.1 Å². The van der Waals surface area contributed by atoms with Crippen molar-refractivity contribution in [1.29, 1.82) is 0 Å². The monoisotopic (exact) mass is 203 g/mol. The molecular formula is C14H21N. The van der Waals surface area contributed by atoms with E-state index < -0.39 is 0 Å². The summed E-state index contributed by atoms with van der Waals surface area (Å²) in [6.07, 6.45) is 11.0. The summed E-state index contributed by atoms with van der Waals surface area (Å²) in [6.45, 7) is 8.81. The third-order valence-corrected chi connectivity index (χ3v) is 3.35. The van der Waals surface area contributed by atoms with Crippen LogP contribution in [0.15, 0.2) is 40.9 Å². The van der Waals surface area contributed by atoms with Crippen LogP contribution in [0.4, 0.5) is 0 Å². The van der Waals surface area contributed by atoms with Gasteiger partial charge in [-0.05, 0) is 18.4 Å². The van der Waals surface area contributed by atoms with E-state index in [0.717, 1.165) is 5.71 Å². The van der Waals surface area contributed by atoms with Crippen LogP contribution in [0, 0.1) is 11.3 Å². The first-order chi connectivity index (χ1) is 6.99. The molecule has 0 saturated heterocycles. The van der Waals surface area contributed by atoms with E-state index in [1.807, 2.05) is 14.0 Å². The smallest absolute Gasteiger partial charge is 0.0386 e. The molecule has 0 aromatic carbocycles. The lowest BCUT2D eigenvalue weighted by molar-refractivity contribution is 0.383. The predicted octanol–water partition coefficient (Wildman–Crippen LogP) is 3.79. The second kappa shape index (κ2) is 4.61. The Kier molecular flexibility index (Phi) is 3.67. The highest BCUT2D eigenvalue weighted by Crippen LogP contribution is 2.32. The molecule has 0 bridgehead atoms. The van der Waals surface area contributed by atoms with Crippen molar-refractivity contribution in [2.75, 3.05) is 7.05 Å². The van der Waals surface area contributed by atoms with Crippen LogP contribution in [-0.4, -0.2) is 12.8 Å². The summed E-state index contributed by atoms with van der Waals surface area (Å²) in [5.41, 5.74) is 2.45. The summed E-state index contributed by atoms with van der Waals surface area (Å²) in [5, 5.41) is 0. The van der Waals surface area contributed by atoms with Crippen molar-refractivity contribution in [2.24, 2.45) is 16.3 Å². The lowest BCUT2D eigenvalue weighted by Gasteiger charge is -2.26. The molecule has 0 amide bonds. The highest BCUT2D eigenvalue weighted by molar-refractivity contribution is 6.01. The molecule has 82 valence electrons. The Hall–Kier alpha value is -1.11. The third kappa shape index (κ3) is 2.68. The zero-order valence-corrected chi connectivity index (χ0v) is 10.4. The number of hydrogen-bond donors (Lipinski definition) is 0. The van der Waals surface area contributed by atoms with E-state index in [9.17, 15) is 0 Å². The summed E-state index contributed by atoms with van der Waals surface area (Å²) in [7, 11) is 1.83. The SMILES string of the molecule is CN=C(C)C1=CC=CC(C)(C(C)C)C=C1. The first kappa shape index (κ1) is 12.0. The fraction of sp³-hybridized carbons (Fsp3) is 0.500. The van der Waals surface area contributed by atoms with E-state index in [1.54, 1.807) is 0 Å². The molecule has 0 N–H and O–H groups in total. The quantitative estimate of drug-likeness (QED) is 0.605. The average molecular weight is 203 g/mol. The van der Waals surface area contributed by atoms with Gasteiger partial charge in [0.1, 0.15) is 0 Å². The van der Waals surface area contributed by atoms with Crippen LogP contribution in [0.25, 0.3) is 0 Å². The number of hydrogen-bond acceptors (Lipinski definition) is 1. The van der Waals surface area contributed by atoms with Gasteiger partial charge < -0.3 is 0 Å². The molecule has 15 heavy (non-hydrogen) atoms. The Morgan fingerprint density at radius 1 is 1.33 bits per heavy atom. The van der Waals surface area contributed by atoms with Crippen molar-refractivity contribution in [3.8, 4) is 0 Å². The minimum Gasteiger partial charge on any atom is -0.293 e. The first-order valence-corrected chi connectivity index (χ1v) is 5.52. The lowest BCUT2D eigenvalue weighted by Crippen LogP contribution is -2.17. The summed E-state index contributed by atoms with van der Waals surface area (Å²) < 4.78 is 0. The average Bonchev–Trinajstić information content (AvgIpc) is 2.40. The lowest BCUT2D eigenvalue weighted by atomic mass is 9.79. The van der Waals surface area contributed by atoms with Gasteiger partial charge in [0.15, 0.2) is 0 Å². The van der Waals surface area contributed by atoms with Gasteiger partial charge in [0.2, 0.25) is 0 Å². The first-order valence-electron chi connectivity index (χ1n) is 5.52. The largest absolute Gasteiger partial charge is 0.293 e. The zero-order chi connectivity index (χ0) is 11.5. The number of aliphatic imine (C=N–C) groups is 1. The molecule has 1 aliphatic rings. The van der Waals surface area contributed by atoms with E-state index in [1.165, 1.54) is 5.57 Å². The van der Waals surface area contributed by atoms with Crippen LogP contribution in [0.2, 0.25) is 0 Å². The van der Waals surface area contributed by atoms with Crippen molar-refractivity contribution in [2.45, 2.75) is 27.7 Å². The van der Waals surface area contributed by atoms with Crippen LogP contribution in [-0.2, 0) is 0 Å². The fourth-order valence-corrected chi connectivity index (χ4v) is 1.49. The molecule has 1 rings (SSSR count). The van der Waals surface area contributed by atoms with Crippen molar-refractivity contribution >= 4 is 5.71 Å². The Balaban J connectivity index is 2.99. The minimum atomic E-state index is 0.159. The molecule has 0 heterocycles. The second-order valence-corrected chi connectivity index (χ2v) is 4.64. The van der Waals surface area contributed by atoms with Gasteiger partial charge in [-0.1, -0.05) is 51.2 Å². The maximum absolute atomic E-state index is 4.21. The molecule has 1 atom stereocenters. The maximum Gasteiger partial charge on any atom is 0.0386 e. The minimum absolute atomic E-state index is 0.159. The third-order valence-electron chi connectivity index (χ3n) is 3.35. The second-order valence-electron chi connectivity index (χ2n) is 4.64. The van der Waals surface area contributed by atoms with E-state index in [0.29, 0.717) is 5.92 Å². The molecule has 0 saturated carbocycles. The molecule has 0 fully saturated rings. The molecule has 0 aromatic heterocycles. The Morgan fingerprint density at radius 2 is 2.00 bits per heavy atom. The van der Waals surface area contributed by atoms with Crippen molar-refractivity contribution in [3.05, 3.63) is 36.0 Å². The topological polar surface area (TPSA) is 12.4 Å². The Bertz CT molecular complexity index is 342. The Labute approximate surface area is 93.3 Å². The van der Waals surface area contributed by atoms with Gasteiger partial charge in [0, 0.05) is 18.2 Å². The van der Waals surface area contributed by atoms with Gasteiger partial charge in [-0.25, -0.2) is 0 Å². The highest BCUT2D eigenvalue weighted by Gasteiger charge is 2.22. The van der Waals surface area contributed by atoms with E-state index in [4.69, 9.17) is 0 Å². The van der Waals surface area contributed by atoms with Crippen molar-refractivity contribution < 1.29 is 0 Å². The standard InChI is InChI=1S/C14H21N/c1-11(2)14(4)9-6-7-13(8-10-14)12(3)15-5/h6-11H,1-5H3. The van der Waals surface area contributed by atoms with Gasteiger partial charge in [0.05, 0.1) is 0 Å². The molecule has 1 unspecified atom stereocenters. The predicted molar refractivity (Wildman–Crippen MR) is 68.3 cm³/mol. The fourth-order valence-electron chi connectivity index (χ4n) is 1.49. The van der Waals surface area contributed by atoms with Crippen LogP contribution < -0.4 is 0 Å². The van der Waals surface area contributed by atoms with E-state index >= 15 is 0 Å². The number of rotatable bonds is 2. The molecule has 0 aromatic rings. The van der Waals surface area contributed by atoms with Crippen molar-refractivity contribution in [1.82, 2.24) is 0 Å². The van der Waals surface area contributed by atoms with Gasteiger partial charge in [-0.3, -0.25) is 4.99 Å². The van der Waals surface area contributed by atoms with Gasteiger partial charge >= 0.3 is 0 Å². The highest BCUT2D eigenvalue weighted by atomic mass is 14.7. The maximum atomic E-state index is 4.21. The zero-order valence-electron chi connectivity index (χ0n) is 10.4. The number of nitrogens with zero attached hydrogens (tertiary/aromatic N) is 1. The molecule has 0 spiro atoms. The molecule has 1 heteroatoms. The molecule has 1 nitrogen and oxygen atoms in total. The summed E-state index contributed by atoms with van der Waals surface area (Å²) in [5.74, 6) is 0.608. The molecule has 0 radical (unpaired) electrons. The van der Waals surface area contributed by atoms with Crippen LogP contribution in [0.1, 0.15) is 27.7 Å². The summed E-state index contributed by atoms with van der Waals surface area (Å²) in [6, 6.07) is 0. The summed E-state index contributed by atoms with van der Waals surface area (Å²) >= 11 is 0. The summed E-state index contributed by atoms with van der Waals surface area (Å²) in [4.78, 5) is 4.21. The number of allylic oxidation sites excluding steroid dienone is 6. The van der Waals surface area contributed by atoms with Crippen molar-refractivity contribution in [3.63, 3.8) is 0 Å². The normalized spacial score (nSPS) is 26.8. The van der Waals surface area contributed by atoms with E-state index in [-0.39, 0.29) is 5.41 Å².